The topological polar surface area (TPSA) is 55.2 Å². The first-order valence-corrected chi connectivity index (χ1v) is 8.03. The van der Waals surface area contributed by atoms with E-state index in [2.05, 4.69) is 19.2 Å². The molecule has 0 radical (unpaired) electrons. The third-order valence-electron chi connectivity index (χ3n) is 4.51. The molecule has 1 saturated carbocycles. The van der Waals surface area contributed by atoms with E-state index in [1.807, 2.05) is 0 Å². The molecule has 0 heterocycles. The predicted octanol–water partition coefficient (Wildman–Crippen LogP) is 4.55. The van der Waals surface area contributed by atoms with Crippen molar-refractivity contribution in [1.29, 1.82) is 0 Å². The summed E-state index contributed by atoms with van der Waals surface area (Å²) in [6, 6.07) is 5.28. The van der Waals surface area contributed by atoms with Gasteiger partial charge in [0.2, 0.25) is 0 Å². The lowest BCUT2D eigenvalue weighted by atomic mass is 9.78. The third-order valence-corrected chi connectivity index (χ3v) is 4.86. The summed E-state index contributed by atoms with van der Waals surface area (Å²) in [5.74, 6) is 1.27. The van der Waals surface area contributed by atoms with Crippen LogP contribution in [0.4, 0.5) is 5.69 Å². The number of hydrogen-bond donors (Lipinski definition) is 1. The van der Waals surface area contributed by atoms with E-state index in [9.17, 15) is 10.1 Å². The smallest absolute Gasteiger partial charge is 0.275 e. The average molecular weight is 311 g/mol. The quantitative estimate of drug-likeness (QED) is 0.641. The second-order valence-electron chi connectivity index (χ2n) is 6.17. The Hall–Kier alpha value is -1.13. The van der Waals surface area contributed by atoms with E-state index in [-0.39, 0.29) is 10.6 Å². The van der Waals surface area contributed by atoms with Crippen molar-refractivity contribution in [3.05, 3.63) is 38.9 Å². The molecule has 0 aromatic heterocycles. The Bertz CT molecular complexity index is 505. The van der Waals surface area contributed by atoms with Gasteiger partial charge in [-0.15, -0.1) is 0 Å². The summed E-state index contributed by atoms with van der Waals surface area (Å²) in [4.78, 5) is 10.8. The van der Waals surface area contributed by atoms with Crippen LogP contribution < -0.4 is 5.32 Å². The van der Waals surface area contributed by atoms with Crippen LogP contribution in [0, 0.1) is 22.0 Å². The zero-order valence-electron chi connectivity index (χ0n) is 12.6. The molecule has 0 spiro atoms. The first-order chi connectivity index (χ1) is 10.0. The predicted molar refractivity (Wildman–Crippen MR) is 85.5 cm³/mol. The van der Waals surface area contributed by atoms with Crippen molar-refractivity contribution in [3.8, 4) is 0 Å². The summed E-state index contributed by atoms with van der Waals surface area (Å²) in [5, 5.41) is 15.1. The first-order valence-electron chi connectivity index (χ1n) is 7.66. The second kappa shape index (κ2) is 7.23. The fraction of sp³-hybridized carbons (Fsp3) is 0.625. The highest BCUT2D eigenvalue weighted by atomic mass is 35.5. The number of halogens is 1. The van der Waals surface area contributed by atoms with Crippen molar-refractivity contribution in [3.63, 3.8) is 0 Å². The molecule has 1 aromatic rings. The van der Waals surface area contributed by atoms with Gasteiger partial charge < -0.3 is 5.32 Å². The standard InChI is InChI=1S/C16H23ClN2O2/c1-11(2)12-6-3-4-8-15(12)18-10-13-14(17)7-5-9-16(13)19(20)21/h5,7,9,11-12,15,18H,3-4,6,8,10H2,1-2H3. The van der Waals surface area contributed by atoms with Crippen LogP contribution >= 0.6 is 11.6 Å². The van der Waals surface area contributed by atoms with Crippen molar-refractivity contribution >= 4 is 17.3 Å². The van der Waals surface area contributed by atoms with E-state index >= 15 is 0 Å². The Morgan fingerprint density at radius 2 is 2.10 bits per heavy atom. The summed E-state index contributed by atoms with van der Waals surface area (Å²) in [6.07, 6.45) is 4.89. The Morgan fingerprint density at radius 3 is 2.76 bits per heavy atom. The molecule has 0 amide bonds. The molecule has 1 aliphatic rings. The molecule has 0 aliphatic heterocycles. The van der Waals surface area contributed by atoms with Gasteiger partial charge in [0.1, 0.15) is 0 Å². The molecule has 0 bridgehead atoms. The molecule has 1 aliphatic carbocycles. The highest BCUT2D eigenvalue weighted by Gasteiger charge is 2.28. The third kappa shape index (κ3) is 3.95. The van der Waals surface area contributed by atoms with E-state index in [4.69, 9.17) is 11.6 Å². The summed E-state index contributed by atoms with van der Waals surface area (Å²) in [6.45, 7) is 4.97. The molecule has 2 atom stereocenters. The molecule has 1 fully saturated rings. The van der Waals surface area contributed by atoms with Crippen molar-refractivity contribution in [2.24, 2.45) is 11.8 Å². The molecule has 2 unspecified atom stereocenters. The van der Waals surface area contributed by atoms with Crippen LogP contribution in [0.25, 0.3) is 0 Å². The number of hydrogen-bond acceptors (Lipinski definition) is 3. The summed E-state index contributed by atoms with van der Waals surface area (Å²) < 4.78 is 0. The van der Waals surface area contributed by atoms with Crippen molar-refractivity contribution < 1.29 is 4.92 Å². The SMILES string of the molecule is CC(C)C1CCCCC1NCc1c(Cl)cccc1[N+](=O)[O-]. The zero-order chi connectivity index (χ0) is 15.4. The largest absolute Gasteiger partial charge is 0.309 e. The van der Waals surface area contributed by atoms with Crippen molar-refractivity contribution in [1.82, 2.24) is 5.32 Å². The minimum Gasteiger partial charge on any atom is -0.309 e. The molecular formula is C16H23ClN2O2. The minimum absolute atomic E-state index is 0.104. The zero-order valence-corrected chi connectivity index (χ0v) is 13.4. The van der Waals surface area contributed by atoms with Crippen LogP contribution in [0.15, 0.2) is 18.2 Å². The number of nitro benzene ring substituents is 1. The Balaban J connectivity index is 2.10. The number of nitrogens with zero attached hydrogens (tertiary/aromatic N) is 1. The average Bonchev–Trinajstić information content (AvgIpc) is 2.45. The lowest BCUT2D eigenvalue weighted by molar-refractivity contribution is -0.385. The highest BCUT2D eigenvalue weighted by molar-refractivity contribution is 6.31. The minimum atomic E-state index is -0.357. The Labute approximate surface area is 131 Å². The number of nitro groups is 1. The fourth-order valence-electron chi connectivity index (χ4n) is 3.34. The van der Waals surface area contributed by atoms with Gasteiger partial charge in [0, 0.05) is 18.7 Å². The van der Waals surface area contributed by atoms with Gasteiger partial charge in [-0.2, -0.15) is 0 Å². The number of rotatable bonds is 5. The normalized spacial score (nSPS) is 22.5. The van der Waals surface area contributed by atoms with Gasteiger partial charge in [-0.05, 0) is 30.7 Å². The van der Waals surface area contributed by atoms with Crippen LogP contribution in [0.5, 0.6) is 0 Å². The van der Waals surface area contributed by atoms with E-state index in [1.54, 1.807) is 12.1 Å². The van der Waals surface area contributed by atoms with Crippen LogP contribution in [-0.4, -0.2) is 11.0 Å². The maximum atomic E-state index is 11.1. The first kappa shape index (κ1) is 16.2. The summed E-state index contributed by atoms with van der Waals surface area (Å²) >= 11 is 6.15. The van der Waals surface area contributed by atoms with Crippen LogP contribution in [0.1, 0.15) is 45.1 Å². The summed E-state index contributed by atoms with van der Waals surface area (Å²) in [5.41, 5.74) is 0.698. The van der Waals surface area contributed by atoms with E-state index < -0.39 is 0 Å². The maximum Gasteiger partial charge on any atom is 0.275 e. The van der Waals surface area contributed by atoms with Gasteiger partial charge in [0.25, 0.3) is 5.69 Å². The van der Waals surface area contributed by atoms with Gasteiger partial charge in [0.15, 0.2) is 0 Å². The maximum absolute atomic E-state index is 11.1. The summed E-state index contributed by atoms with van der Waals surface area (Å²) in [7, 11) is 0. The Morgan fingerprint density at radius 1 is 1.38 bits per heavy atom. The van der Waals surface area contributed by atoms with Crippen molar-refractivity contribution in [2.75, 3.05) is 0 Å². The Kier molecular flexibility index (Phi) is 5.59. The molecule has 1 aromatic carbocycles. The van der Waals surface area contributed by atoms with E-state index in [0.717, 1.165) is 6.42 Å². The van der Waals surface area contributed by atoms with Gasteiger partial charge >= 0.3 is 0 Å². The van der Waals surface area contributed by atoms with Crippen molar-refractivity contribution in [2.45, 2.75) is 52.1 Å². The van der Waals surface area contributed by atoms with Gasteiger partial charge in [-0.1, -0.05) is 44.4 Å². The molecule has 5 heteroatoms. The monoisotopic (exact) mass is 310 g/mol. The molecule has 4 nitrogen and oxygen atoms in total. The lowest BCUT2D eigenvalue weighted by Crippen LogP contribution is -2.40. The second-order valence-corrected chi connectivity index (χ2v) is 6.58. The van der Waals surface area contributed by atoms with Crippen LogP contribution in [-0.2, 0) is 6.54 Å². The molecule has 1 N–H and O–H groups in total. The molecular weight excluding hydrogens is 288 g/mol. The number of benzene rings is 1. The van der Waals surface area contributed by atoms with Gasteiger partial charge in [-0.3, -0.25) is 10.1 Å². The molecule has 0 saturated heterocycles. The molecule has 116 valence electrons. The van der Waals surface area contributed by atoms with Gasteiger partial charge in [0.05, 0.1) is 15.5 Å². The highest BCUT2D eigenvalue weighted by Crippen LogP contribution is 2.31. The molecule has 21 heavy (non-hydrogen) atoms. The lowest BCUT2D eigenvalue weighted by Gasteiger charge is -2.35. The van der Waals surface area contributed by atoms with E-state index in [1.165, 1.54) is 25.3 Å². The number of nitrogens with one attached hydrogen (secondary N) is 1. The molecule has 2 rings (SSSR count). The van der Waals surface area contributed by atoms with E-state index in [0.29, 0.717) is 35.0 Å². The van der Waals surface area contributed by atoms with Crippen LogP contribution in [0.2, 0.25) is 5.02 Å². The van der Waals surface area contributed by atoms with Crippen LogP contribution in [0.3, 0.4) is 0 Å². The fourth-order valence-corrected chi connectivity index (χ4v) is 3.57. The van der Waals surface area contributed by atoms with Gasteiger partial charge in [-0.25, -0.2) is 0 Å².